The fourth-order valence-corrected chi connectivity index (χ4v) is 5.11. The number of nitrogens with zero attached hydrogens (tertiary/aromatic N) is 1. The summed E-state index contributed by atoms with van der Waals surface area (Å²) in [6.07, 6.45) is 4.98. The first-order valence-electron chi connectivity index (χ1n) is 14.2. The summed E-state index contributed by atoms with van der Waals surface area (Å²) in [5.74, 6) is 0.233. The summed E-state index contributed by atoms with van der Waals surface area (Å²) >= 11 is 3.39. The van der Waals surface area contributed by atoms with Crippen molar-refractivity contribution in [2.45, 2.75) is 44.2 Å². The highest BCUT2D eigenvalue weighted by Gasteiger charge is 2.24. The van der Waals surface area contributed by atoms with E-state index in [9.17, 15) is 19.5 Å². The Kier molecular flexibility index (Phi) is 10.1. The second-order valence-electron chi connectivity index (χ2n) is 10.4. The van der Waals surface area contributed by atoms with Crippen LogP contribution in [0.3, 0.4) is 0 Å². The maximum absolute atomic E-state index is 12.4. The highest BCUT2D eigenvalue weighted by atomic mass is 79.9. The van der Waals surface area contributed by atoms with Crippen LogP contribution in [0.2, 0.25) is 0 Å². The third-order valence-corrected chi connectivity index (χ3v) is 7.58. The van der Waals surface area contributed by atoms with Gasteiger partial charge in [0.15, 0.2) is 0 Å². The SMILES string of the molecule is O=C(Cc1ccc(Oc2ccc(OC3CCC(NC(=O)Nc4ccc(Br)cc4)CC3)cc2)nc1)Nc1ccccc1C(=O)O. The van der Waals surface area contributed by atoms with Crippen molar-refractivity contribution in [3.8, 4) is 17.4 Å². The molecule has 44 heavy (non-hydrogen) atoms. The number of pyridine rings is 1. The quantitative estimate of drug-likeness (QED) is 0.143. The Hall–Kier alpha value is -4.90. The number of urea groups is 1. The van der Waals surface area contributed by atoms with E-state index in [1.165, 1.54) is 6.07 Å². The molecule has 4 N–H and O–H groups in total. The lowest BCUT2D eigenvalue weighted by Gasteiger charge is -2.29. The zero-order valence-electron chi connectivity index (χ0n) is 23.7. The molecule has 5 rings (SSSR count). The predicted octanol–water partition coefficient (Wildman–Crippen LogP) is 7.03. The summed E-state index contributed by atoms with van der Waals surface area (Å²) in [4.78, 5) is 40.4. The lowest BCUT2D eigenvalue weighted by atomic mass is 9.93. The van der Waals surface area contributed by atoms with Gasteiger partial charge in [0.25, 0.3) is 0 Å². The smallest absolute Gasteiger partial charge is 0.337 e. The van der Waals surface area contributed by atoms with E-state index < -0.39 is 5.97 Å². The number of carboxylic acid groups (broad SMARTS) is 1. The fraction of sp³-hybridized carbons (Fsp3) is 0.212. The van der Waals surface area contributed by atoms with E-state index in [1.54, 1.807) is 48.7 Å². The zero-order valence-corrected chi connectivity index (χ0v) is 25.3. The van der Waals surface area contributed by atoms with Gasteiger partial charge in [0.05, 0.1) is 23.8 Å². The molecular formula is C33H31BrN4O6. The van der Waals surface area contributed by atoms with Crippen LogP contribution in [-0.4, -0.2) is 40.1 Å². The van der Waals surface area contributed by atoms with Crippen molar-refractivity contribution in [1.29, 1.82) is 0 Å². The average molecular weight is 660 g/mol. The van der Waals surface area contributed by atoms with Crippen LogP contribution < -0.4 is 25.4 Å². The topological polar surface area (TPSA) is 139 Å². The van der Waals surface area contributed by atoms with Crippen LogP contribution in [0.5, 0.6) is 17.4 Å². The van der Waals surface area contributed by atoms with E-state index in [-0.39, 0.29) is 41.8 Å². The third-order valence-electron chi connectivity index (χ3n) is 7.05. The normalized spacial score (nSPS) is 15.9. The molecule has 1 aromatic heterocycles. The molecular weight excluding hydrogens is 628 g/mol. The molecule has 1 aliphatic carbocycles. The van der Waals surface area contributed by atoms with Crippen molar-refractivity contribution in [1.82, 2.24) is 10.3 Å². The molecule has 3 amide bonds. The number of rotatable bonds is 10. The summed E-state index contributed by atoms with van der Waals surface area (Å²) in [5.41, 5.74) is 1.66. The van der Waals surface area contributed by atoms with Crippen LogP contribution >= 0.6 is 15.9 Å². The van der Waals surface area contributed by atoms with Crippen molar-refractivity contribution in [2.75, 3.05) is 10.6 Å². The molecule has 1 aliphatic rings. The van der Waals surface area contributed by atoms with E-state index in [2.05, 4.69) is 36.9 Å². The van der Waals surface area contributed by atoms with Crippen LogP contribution in [-0.2, 0) is 11.2 Å². The lowest BCUT2D eigenvalue weighted by molar-refractivity contribution is -0.115. The molecule has 226 valence electrons. The summed E-state index contributed by atoms with van der Waals surface area (Å²) in [6.45, 7) is 0. The van der Waals surface area contributed by atoms with Crippen LogP contribution in [0, 0.1) is 0 Å². The Morgan fingerprint density at radius 2 is 1.55 bits per heavy atom. The van der Waals surface area contributed by atoms with Crippen LogP contribution in [0.1, 0.15) is 41.6 Å². The number of carbonyl (C=O) groups is 3. The second-order valence-corrected chi connectivity index (χ2v) is 11.3. The minimum absolute atomic E-state index is 0.0263. The van der Waals surface area contributed by atoms with Crippen LogP contribution in [0.4, 0.5) is 16.2 Å². The number of ether oxygens (including phenoxy) is 2. The zero-order chi connectivity index (χ0) is 30.9. The summed E-state index contributed by atoms with van der Waals surface area (Å²) in [5, 5.41) is 17.8. The minimum Gasteiger partial charge on any atom is -0.490 e. The predicted molar refractivity (Wildman–Crippen MR) is 169 cm³/mol. The number of halogens is 1. The van der Waals surface area contributed by atoms with Gasteiger partial charge in [0.2, 0.25) is 11.8 Å². The van der Waals surface area contributed by atoms with Crippen molar-refractivity contribution in [2.24, 2.45) is 0 Å². The number of carbonyl (C=O) groups excluding carboxylic acids is 2. The van der Waals surface area contributed by atoms with Crippen LogP contribution in [0.25, 0.3) is 0 Å². The van der Waals surface area contributed by atoms with E-state index in [1.807, 2.05) is 36.4 Å². The Balaban J connectivity index is 1.04. The number of amides is 3. The maximum Gasteiger partial charge on any atom is 0.337 e. The van der Waals surface area contributed by atoms with Crippen molar-refractivity contribution in [3.63, 3.8) is 0 Å². The monoisotopic (exact) mass is 658 g/mol. The molecule has 0 bridgehead atoms. The number of nitrogens with one attached hydrogen (secondary N) is 3. The van der Waals surface area contributed by atoms with Crippen molar-refractivity contribution < 1.29 is 29.0 Å². The van der Waals surface area contributed by atoms with Gasteiger partial charge >= 0.3 is 12.0 Å². The average Bonchev–Trinajstić information content (AvgIpc) is 3.01. The molecule has 10 nitrogen and oxygen atoms in total. The molecule has 1 heterocycles. The van der Waals surface area contributed by atoms with Gasteiger partial charge in [0, 0.05) is 28.5 Å². The first kappa shape index (κ1) is 30.6. The number of anilines is 2. The highest BCUT2D eigenvalue weighted by molar-refractivity contribution is 9.10. The number of aromatic nitrogens is 1. The standard InChI is InChI=1S/C33H31BrN4O6/c34-22-6-8-23(9-7-22)36-33(42)37-24-10-12-25(13-11-24)43-26-14-16-27(17-15-26)44-31-18-5-21(20-35-31)19-30(39)38-29-4-2-1-3-28(29)32(40)41/h1-9,14-18,20,24-25H,10-13,19H2,(H,38,39)(H,40,41)(H2,36,37,42). The molecule has 11 heteroatoms. The molecule has 0 saturated heterocycles. The van der Waals surface area contributed by atoms with Gasteiger partial charge in [-0.15, -0.1) is 0 Å². The first-order valence-corrected chi connectivity index (χ1v) is 14.9. The molecule has 0 atom stereocenters. The number of carboxylic acids is 1. The lowest BCUT2D eigenvalue weighted by Crippen LogP contribution is -2.41. The fourth-order valence-electron chi connectivity index (χ4n) is 4.84. The Bertz CT molecular complexity index is 1590. The summed E-state index contributed by atoms with van der Waals surface area (Å²) in [7, 11) is 0. The van der Waals surface area contributed by atoms with Gasteiger partial charge in [-0.25, -0.2) is 14.6 Å². The number of aromatic carboxylic acids is 1. The van der Waals surface area contributed by atoms with Crippen molar-refractivity contribution in [3.05, 3.63) is 107 Å². The van der Waals surface area contributed by atoms with E-state index in [4.69, 9.17) is 9.47 Å². The van der Waals surface area contributed by atoms with Crippen LogP contribution in [0.15, 0.2) is 95.6 Å². The number of benzene rings is 3. The van der Waals surface area contributed by atoms with Crippen molar-refractivity contribution >= 4 is 45.2 Å². The van der Waals surface area contributed by atoms with Gasteiger partial charge in [-0.1, -0.05) is 34.1 Å². The molecule has 0 radical (unpaired) electrons. The van der Waals surface area contributed by atoms with Gasteiger partial charge < -0.3 is 30.5 Å². The summed E-state index contributed by atoms with van der Waals surface area (Å²) in [6, 6.07) is 24.3. The number of hydrogen-bond donors (Lipinski definition) is 4. The van der Waals surface area contributed by atoms with E-state index >= 15 is 0 Å². The van der Waals surface area contributed by atoms with E-state index in [0.29, 0.717) is 17.2 Å². The van der Waals surface area contributed by atoms with Gasteiger partial charge in [0.1, 0.15) is 11.5 Å². The Labute approximate surface area is 262 Å². The Morgan fingerprint density at radius 3 is 2.23 bits per heavy atom. The largest absolute Gasteiger partial charge is 0.490 e. The molecule has 0 unspecified atom stereocenters. The number of para-hydroxylation sites is 1. The van der Waals surface area contributed by atoms with Gasteiger partial charge in [-0.3, -0.25) is 4.79 Å². The molecule has 1 saturated carbocycles. The van der Waals surface area contributed by atoms with Gasteiger partial charge in [-0.2, -0.15) is 0 Å². The molecule has 3 aromatic carbocycles. The number of hydrogen-bond acceptors (Lipinski definition) is 6. The molecule has 4 aromatic rings. The Morgan fingerprint density at radius 1 is 0.841 bits per heavy atom. The third kappa shape index (κ3) is 8.81. The highest BCUT2D eigenvalue weighted by Crippen LogP contribution is 2.27. The molecule has 1 fully saturated rings. The van der Waals surface area contributed by atoms with E-state index in [0.717, 1.165) is 41.6 Å². The maximum atomic E-state index is 12.4. The summed E-state index contributed by atoms with van der Waals surface area (Å²) < 4.78 is 13.0. The molecule has 0 spiro atoms. The minimum atomic E-state index is -1.11. The first-order chi connectivity index (χ1) is 21.3. The van der Waals surface area contributed by atoms with Gasteiger partial charge in [-0.05, 0) is 91.9 Å². The second kappa shape index (κ2) is 14.5. The molecule has 0 aliphatic heterocycles.